The molecule has 0 aliphatic carbocycles. The normalized spacial score (nSPS) is 29.8. The Kier molecular flexibility index (Phi) is 4.15. The zero-order chi connectivity index (χ0) is 16.6. The third kappa shape index (κ3) is 3.24. The van der Waals surface area contributed by atoms with Crippen molar-refractivity contribution in [3.8, 4) is 0 Å². The number of hydrogen-bond acceptors (Lipinski definition) is 3. The smallest absolute Gasteiger partial charge is 0.0732 e. The fourth-order valence-electron chi connectivity index (χ4n) is 4.65. The second-order valence-electron chi connectivity index (χ2n) is 7.62. The maximum absolute atomic E-state index is 11.2. The molecule has 0 saturated carbocycles. The van der Waals surface area contributed by atoms with Crippen LogP contribution in [0.15, 0.2) is 48.5 Å². The van der Waals surface area contributed by atoms with Gasteiger partial charge in [-0.05, 0) is 50.3 Å². The molecule has 1 N–H and O–H groups in total. The molecular formula is C21H26N2O. The van der Waals surface area contributed by atoms with Gasteiger partial charge in [-0.25, -0.2) is 0 Å². The van der Waals surface area contributed by atoms with Crippen molar-refractivity contribution in [1.82, 2.24) is 9.88 Å². The van der Waals surface area contributed by atoms with Crippen LogP contribution in [0.25, 0.3) is 0 Å². The minimum atomic E-state index is -0.597. The lowest BCUT2D eigenvalue weighted by Crippen LogP contribution is -2.51. The standard InChI is InChI=1S/C21H26N2O/c1-16-6-5-9-18(22-16)12-21(24)13-19-10-11-20(14-21)23(19)15-17-7-3-2-4-8-17/h2-9,19-20,24H,10-15H2,1H3. The Hall–Kier alpha value is -1.71. The predicted octanol–water partition coefficient (Wildman–Crippen LogP) is 3.49. The van der Waals surface area contributed by atoms with Gasteiger partial charge in [0.05, 0.1) is 5.60 Å². The number of aliphatic hydroxyl groups is 1. The third-order valence-corrected chi connectivity index (χ3v) is 5.67. The summed E-state index contributed by atoms with van der Waals surface area (Å²) in [5, 5.41) is 11.2. The van der Waals surface area contributed by atoms with E-state index in [2.05, 4.69) is 40.2 Å². The predicted molar refractivity (Wildman–Crippen MR) is 95.7 cm³/mol. The van der Waals surface area contributed by atoms with E-state index in [1.54, 1.807) is 0 Å². The number of rotatable bonds is 4. The van der Waals surface area contributed by atoms with Crippen LogP contribution in [-0.4, -0.2) is 32.7 Å². The number of benzene rings is 1. The van der Waals surface area contributed by atoms with Gasteiger partial charge >= 0.3 is 0 Å². The maximum Gasteiger partial charge on any atom is 0.0732 e. The van der Waals surface area contributed by atoms with E-state index in [1.165, 1.54) is 18.4 Å². The SMILES string of the molecule is Cc1cccc(CC2(O)CC3CCC(C2)N3Cc2ccccc2)n1. The van der Waals surface area contributed by atoms with Gasteiger partial charge in [-0.15, -0.1) is 0 Å². The lowest BCUT2D eigenvalue weighted by atomic mass is 9.82. The van der Waals surface area contributed by atoms with Crippen molar-refractivity contribution >= 4 is 0 Å². The summed E-state index contributed by atoms with van der Waals surface area (Å²) in [6, 6.07) is 17.8. The zero-order valence-electron chi connectivity index (χ0n) is 14.4. The molecule has 126 valence electrons. The number of nitrogens with zero attached hydrogens (tertiary/aromatic N) is 2. The largest absolute Gasteiger partial charge is 0.389 e. The Bertz CT molecular complexity index is 686. The van der Waals surface area contributed by atoms with Crippen LogP contribution in [-0.2, 0) is 13.0 Å². The molecule has 3 heterocycles. The molecular weight excluding hydrogens is 296 g/mol. The lowest BCUT2D eigenvalue weighted by Gasteiger charge is -2.44. The van der Waals surface area contributed by atoms with Crippen LogP contribution in [0.2, 0.25) is 0 Å². The van der Waals surface area contributed by atoms with Crippen LogP contribution in [0.4, 0.5) is 0 Å². The fourth-order valence-corrected chi connectivity index (χ4v) is 4.65. The van der Waals surface area contributed by atoms with Crippen LogP contribution in [0.3, 0.4) is 0 Å². The summed E-state index contributed by atoms with van der Waals surface area (Å²) in [4.78, 5) is 7.21. The molecule has 0 amide bonds. The third-order valence-electron chi connectivity index (χ3n) is 5.67. The van der Waals surface area contributed by atoms with Gasteiger partial charge < -0.3 is 5.11 Å². The molecule has 2 fully saturated rings. The number of pyridine rings is 1. The number of aryl methyl sites for hydroxylation is 1. The first-order valence-electron chi connectivity index (χ1n) is 9.06. The fraction of sp³-hybridized carbons (Fsp3) is 0.476. The molecule has 24 heavy (non-hydrogen) atoms. The van der Waals surface area contributed by atoms with Crippen molar-refractivity contribution in [2.24, 2.45) is 0 Å². The summed E-state index contributed by atoms with van der Waals surface area (Å²) in [5.41, 5.74) is 2.83. The van der Waals surface area contributed by atoms with E-state index < -0.39 is 5.60 Å². The van der Waals surface area contributed by atoms with Crippen molar-refractivity contribution < 1.29 is 5.11 Å². The molecule has 2 aliphatic rings. The maximum atomic E-state index is 11.2. The Morgan fingerprint density at radius 1 is 1.04 bits per heavy atom. The van der Waals surface area contributed by atoms with Crippen molar-refractivity contribution in [3.63, 3.8) is 0 Å². The van der Waals surface area contributed by atoms with E-state index in [4.69, 9.17) is 0 Å². The van der Waals surface area contributed by atoms with Gasteiger partial charge in [0, 0.05) is 36.4 Å². The van der Waals surface area contributed by atoms with Crippen LogP contribution >= 0.6 is 0 Å². The molecule has 4 rings (SSSR count). The Balaban J connectivity index is 1.47. The van der Waals surface area contributed by atoms with Crippen LogP contribution in [0.1, 0.15) is 42.6 Å². The molecule has 0 spiro atoms. The highest BCUT2D eigenvalue weighted by molar-refractivity contribution is 5.17. The van der Waals surface area contributed by atoms with E-state index in [0.717, 1.165) is 30.8 Å². The van der Waals surface area contributed by atoms with Crippen molar-refractivity contribution in [3.05, 3.63) is 65.5 Å². The molecule has 2 bridgehead atoms. The van der Waals surface area contributed by atoms with Gasteiger partial charge in [-0.2, -0.15) is 0 Å². The highest BCUT2D eigenvalue weighted by atomic mass is 16.3. The summed E-state index contributed by atoms with van der Waals surface area (Å²) >= 11 is 0. The van der Waals surface area contributed by atoms with Gasteiger partial charge in [-0.1, -0.05) is 36.4 Å². The first-order chi connectivity index (χ1) is 11.6. The monoisotopic (exact) mass is 322 g/mol. The van der Waals surface area contributed by atoms with Gasteiger partial charge in [-0.3, -0.25) is 9.88 Å². The van der Waals surface area contributed by atoms with Crippen LogP contribution < -0.4 is 0 Å². The molecule has 1 aromatic heterocycles. The highest BCUT2D eigenvalue weighted by Crippen LogP contribution is 2.42. The van der Waals surface area contributed by atoms with Gasteiger partial charge in [0.25, 0.3) is 0 Å². The second-order valence-corrected chi connectivity index (χ2v) is 7.62. The molecule has 2 aliphatic heterocycles. The van der Waals surface area contributed by atoms with E-state index in [0.29, 0.717) is 18.5 Å². The van der Waals surface area contributed by atoms with E-state index in [1.807, 2.05) is 25.1 Å². The average molecular weight is 322 g/mol. The number of hydrogen-bond donors (Lipinski definition) is 1. The van der Waals surface area contributed by atoms with Gasteiger partial charge in [0.2, 0.25) is 0 Å². The van der Waals surface area contributed by atoms with E-state index >= 15 is 0 Å². The topological polar surface area (TPSA) is 36.4 Å². The molecule has 3 nitrogen and oxygen atoms in total. The Labute approximate surface area is 144 Å². The minimum Gasteiger partial charge on any atom is -0.389 e. The first kappa shape index (κ1) is 15.8. The van der Waals surface area contributed by atoms with Crippen molar-refractivity contribution in [2.75, 3.05) is 0 Å². The quantitative estimate of drug-likeness (QED) is 0.936. The highest BCUT2D eigenvalue weighted by Gasteiger charge is 2.47. The van der Waals surface area contributed by atoms with Crippen molar-refractivity contribution in [1.29, 1.82) is 0 Å². The summed E-state index contributed by atoms with van der Waals surface area (Å²) in [5.74, 6) is 0. The molecule has 0 radical (unpaired) electrons. The van der Waals surface area contributed by atoms with Gasteiger partial charge in [0.1, 0.15) is 0 Å². The molecule has 3 heteroatoms. The Morgan fingerprint density at radius 3 is 2.42 bits per heavy atom. The molecule has 2 unspecified atom stereocenters. The van der Waals surface area contributed by atoms with Crippen molar-refractivity contribution in [2.45, 2.75) is 63.3 Å². The summed E-state index contributed by atoms with van der Waals surface area (Å²) < 4.78 is 0. The van der Waals surface area contributed by atoms with Gasteiger partial charge in [0.15, 0.2) is 0 Å². The molecule has 2 atom stereocenters. The molecule has 2 aromatic rings. The van der Waals surface area contributed by atoms with E-state index in [-0.39, 0.29) is 0 Å². The zero-order valence-corrected chi connectivity index (χ0v) is 14.4. The summed E-state index contributed by atoms with van der Waals surface area (Å²) in [7, 11) is 0. The Morgan fingerprint density at radius 2 is 1.75 bits per heavy atom. The molecule has 2 saturated heterocycles. The number of fused-ring (bicyclic) bond motifs is 2. The number of aromatic nitrogens is 1. The average Bonchev–Trinajstić information content (AvgIpc) is 2.80. The lowest BCUT2D eigenvalue weighted by molar-refractivity contribution is -0.0545. The van der Waals surface area contributed by atoms with E-state index in [9.17, 15) is 5.11 Å². The number of piperidine rings is 1. The second kappa shape index (κ2) is 6.30. The summed E-state index contributed by atoms with van der Waals surface area (Å²) in [6.45, 7) is 3.02. The first-order valence-corrected chi connectivity index (χ1v) is 9.06. The minimum absolute atomic E-state index is 0.499. The van der Waals surface area contributed by atoms with Crippen LogP contribution in [0.5, 0.6) is 0 Å². The van der Waals surface area contributed by atoms with Crippen LogP contribution in [0, 0.1) is 6.92 Å². The molecule has 1 aromatic carbocycles. The summed E-state index contributed by atoms with van der Waals surface area (Å²) in [6.07, 6.45) is 4.83.